The number of allylic oxidation sites excluding steroid dienone is 1. The molecule has 3 fully saturated rings. The van der Waals surface area contributed by atoms with E-state index in [0.29, 0.717) is 25.7 Å². The highest BCUT2D eigenvalue weighted by molar-refractivity contribution is 7.85. The van der Waals surface area contributed by atoms with E-state index in [0.717, 1.165) is 18.4 Å². The van der Waals surface area contributed by atoms with Crippen LogP contribution in [0.3, 0.4) is 0 Å². The number of esters is 2. The standard InChI is InChI=1S/C28H40O10S/c1-4-5-24(33)38-28(22(31)16-37-23(32)10-13-39(34,35)36)12-9-20-19-7-6-17-14-18(29)8-11-26(17,2)25(19)21(30)15-27(20,28)3/h14,19-21,25,30H,4-13,15-16H2,1-3H3,(H,34,35,36)/t19-,20-,21?,25+,26-,27-,28-/m0/s1. The number of ether oxygens (including phenoxy) is 2. The molecule has 0 aliphatic heterocycles. The largest absolute Gasteiger partial charge is 0.457 e. The zero-order chi connectivity index (χ0) is 28.8. The van der Waals surface area contributed by atoms with E-state index in [1.165, 1.54) is 0 Å². The molecule has 10 nitrogen and oxygen atoms in total. The highest BCUT2D eigenvalue weighted by Crippen LogP contribution is 2.68. The van der Waals surface area contributed by atoms with Gasteiger partial charge in [0.05, 0.1) is 18.3 Å². The van der Waals surface area contributed by atoms with Crippen molar-refractivity contribution in [3.8, 4) is 0 Å². The molecule has 0 aromatic rings. The molecule has 0 aromatic heterocycles. The first-order chi connectivity index (χ1) is 18.2. The molecular formula is C28H40O10S. The number of hydrogen-bond acceptors (Lipinski definition) is 9. The van der Waals surface area contributed by atoms with Crippen LogP contribution in [0.2, 0.25) is 0 Å². The number of carbonyl (C=O) groups excluding carboxylic acids is 4. The van der Waals surface area contributed by atoms with E-state index in [4.69, 9.17) is 14.0 Å². The Morgan fingerprint density at radius 3 is 2.46 bits per heavy atom. The molecule has 4 aliphatic rings. The van der Waals surface area contributed by atoms with E-state index in [-0.39, 0.29) is 48.2 Å². The van der Waals surface area contributed by atoms with Crippen molar-refractivity contribution in [2.24, 2.45) is 28.6 Å². The second kappa shape index (κ2) is 10.7. The molecule has 0 aromatic carbocycles. The van der Waals surface area contributed by atoms with Gasteiger partial charge in [0.15, 0.2) is 18.0 Å². The van der Waals surface area contributed by atoms with Gasteiger partial charge in [0.2, 0.25) is 5.78 Å². The summed E-state index contributed by atoms with van der Waals surface area (Å²) in [5, 5.41) is 11.7. The first-order valence-corrected chi connectivity index (χ1v) is 15.6. The smallest absolute Gasteiger partial charge is 0.307 e. The van der Waals surface area contributed by atoms with Crippen LogP contribution in [0.15, 0.2) is 11.6 Å². The molecule has 1 unspecified atom stereocenters. The van der Waals surface area contributed by atoms with Gasteiger partial charge < -0.3 is 14.6 Å². The maximum absolute atomic E-state index is 13.8. The lowest BCUT2D eigenvalue weighted by atomic mass is 9.45. The van der Waals surface area contributed by atoms with E-state index in [2.05, 4.69) is 6.92 Å². The average molecular weight is 569 g/mol. The van der Waals surface area contributed by atoms with E-state index < -0.39 is 63.7 Å². The Hall–Kier alpha value is -2.11. The minimum atomic E-state index is -4.37. The molecule has 11 heteroatoms. The van der Waals surface area contributed by atoms with E-state index in [1.54, 1.807) is 6.08 Å². The van der Waals surface area contributed by atoms with Gasteiger partial charge in [-0.05, 0) is 74.2 Å². The summed E-state index contributed by atoms with van der Waals surface area (Å²) in [6.07, 6.45) is 4.65. The van der Waals surface area contributed by atoms with Crippen molar-refractivity contribution in [1.82, 2.24) is 0 Å². The number of rotatable bonds is 9. The van der Waals surface area contributed by atoms with Crippen LogP contribution in [0.1, 0.15) is 85.0 Å². The summed E-state index contributed by atoms with van der Waals surface area (Å²) in [5.74, 6) is -2.85. The quantitative estimate of drug-likeness (QED) is 0.312. The van der Waals surface area contributed by atoms with Crippen LogP contribution < -0.4 is 0 Å². The van der Waals surface area contributed by atoms with Crippen LogP contribution in [-0.2, 0) is 38.8 Å². The van der Waals surface area contributed by atoms with Crippen molar-refractivity contribution in [2.45, 2.75) is 96.7 Å². The number of Topliss-reactive ketones (excluding diaryl/α,β-unsaturated/α-hetero) is 1. The number of aliphatic hydroxyl groups excluding tert-OH is 1. The van der Waals surface area contributed by atoms with Gasteiger partial charge in [-0.2, -0.15) is 8.42 Å². The fraction of sp³-hybridized carbons (Fsp3) is 0.786. The van der Waals surface area contributed by atoms with Crippen molar-refractivity contribution in [2.75, 3.05) is 12.4 Å². The van der Waals surface area contributed by atoms with Gasteiger partial charge in [0, 0.05) is 18.3 Å². The molecular weight excluding hydrogens is 528 g/mol. The van der Waals surface area contributed by atoms with Crippen LogP contribution in [0.25, 0.3) is 0 Å². The summed E-state index contributed by atoms with van der Waals surface area (Å²) in [5.41, 5.74) is -1.72. The Bertz CT molecular complexity index is 1170. The van der Waals surface area contributed by atoms with E-state index in [9.17, 15) is 32.7 Å². The molecule has 3 saturated carbocycles. The monoisotopic (exact) mass is 568 g/mol. The molecule has 0 amide bonds. The second-order valence-corrected chi connectivity index (χ2v) is 13.9. The molecule has 0 saturated heterocycles. The predicted molar refractivity (Wildman–Crippen MR) is 139 cm³/mol. The van der Waals surface area contributed by atoms with Gasteiger partial charge in [-0.1, -0.05) is 26.3 Å². The highest BCUT2D eigenvalue weighted by atomic mass is 32.2. The molecule has 39 heavy (non-hydrogen) atoms. The zero-order valence-corrected chi connectivity index (χ0v) is 23.8. The third kappa shape index (κ3) is 5.34. The summed E-state index contributed by atoms with van der Waals surface area (Å²) >= 11 is 0. The topological polar surface area (TPSA) is 161 Å². The molecule has 218 valence electrons. The minimum Gasteiger partial charge on any atom is -0.457 e. The summed E-state index contributed by atoms with van der Waals surface area (Å²) in [6.45, 7) is 5.14. The van der Waals surface area contributed by atoms with Crippen LogP contribution in [0.5, 0.6) is 0 Å². The summed E-state index contributed by atoms with van der Waals surface area (Å²) in [4.78, 5) is 50.9. The van der Waals surface area contributed by atoms with Crippen LogP contribution in [-0.4, -0.2) is 65.6 Å². The zero-order valence-electron chi connectivity index (χ0n) is 22.9. The Balaban J connectivity index is 1.63. The number of carbonyl (C=O) groups is 4. The van der Waals surface area contributed by atoms with Gasteiger partial charge in [-0.3, -0.25) is 23.7 Å². The fourth-order valence-electron chi connectivity index (χ4n) is 8.35. The Kier molecular flexibility index (Phi) is 8.20. The van der Waals surface area contributed by atoms with E-state index >= 15 is 0 Å². The van der Waals surface area contributed by atoms with Crippen molar-refractivity contribution in [3.05, 3.63) is 11.6 Å². The van der Waals surface area contributed by atoms with Gasteiger partial charge in [-0.25, -0.2) is 0 Å². The van der Waals surface area contributed by atoms with Crippen molar-refractivity contribution in [1.29, 1.82) is 0 Å². The first kappa shape index (κ1) is 29.9. The lowest BCUT2D eigenvalue weighted by Gasteiger charge is -2.60. The number of aliphatic hydroxyl groups is 1. The molecule has 0 radical (unpaired) electrons. The Morgan fingerprint density at radius 2 is 1.79 bits per heavy atom. The van der Waals surface area contributed by atoms with Gasteiger partial charge in [0.1, 0.15) is 0 Å². The van der Waals surface area contributed by atoms with Crippen LogP contribution in [0, 0.1) is 28.6 Å². The van der Waals surface area contributed by atoms with Crippen LogP contribution >= 0.6 is 0 Å². The van der Waals surface area contributed by atoms with Gasteiger partial charge in [-0.15, -0.1) is 0 Å². The Labute approximate surface area is 229 Å². The normalized spacial score (nSPS) is 37.7. The Morgan fingerprint density at radius 1 is 1.08 bits per heavy atom. The lowest BCUT2D eigenvalue weighted by Crippen LogP contribution is -2.63. The number of fused-ring (bicyclic) bond motifs is 5. The summed E-state index contributed by atoms with van der Waals surface area (Å²) in [7, 11) is -4.37. The molecule has 2 N–H and O–H groups in total. The summed E-state index contributed by atoms with van der Waals surface area (Å²) in [6, 6.07) is 0. The highest BCUT2D eigenvalue weighted by Gasteiger charge is 2.70. The number of hydrogen-bond donors (Lipinski definition) is 2. The SMILES string of the molecule is CCCC(=O)O[C@]1(C(=O)COC(=O)CCS(=O)(=O)O)CC[C@H]2[C@@H]3CCC4=CC(=O)CC[C@]4(C)[C@H]3C(O)C[C@@]21C. The molecule has 0 heterocycles. The van der Waals surface area contributed by atoms with Crippen LogP contribution in [0.4, 0.5) is 0 Å². The second-order valence-electron chi connectivity index (χ2n) is 12.3. The molecule has 4 rings (SSSR count). The van der Waals surface area contributed by atoms with Crippen molar-refractivity contribution < 1.29 is 46.7 Å². The van der Waals surface area contributed by atoms with Crippen molar-refractivity contribution >= 4 is 33.6 Å². The van der Waals surface area contributed by atoms with Crippen molar-refractivity contribution in [3.63, 3.8) is 0 Å². The first-order valence-electron chi connectivity index (χ1n) is 13.9. The predicted octanol–water partition coefficient (Wildman–Crippen LogP) is 2.96. The third-order valence-corrected chi connectivity index (χ3v) is 10.9. The van der Waals surface area contributed by atoms with Gasteiger partial charge in [0.25, 0.3) is 10.1 Å². The fourth-order valence-corrected chi connectivity index (χ4v) is 8.78. The summed E-state index contributed by atoms with van der Waals surface area (Å²) < 4.78 is 41.9. The minimum absolute atomic E-state index is 0.0319. The average Bonchev–Trinajstić information content (AvgIpc) is 3.13. The maximum atomic E-state index is 13.8. The third-order valence-electron chi connectivity index (χ3n) is 10.1. The number of ketones is 2. The van der Waals surface area contributed by atoms with E-state index in [1.807, 2.05) is 13.8 Å². The molecule has 7 atom stereocenters. The lowest BCUT2D eigenvalue weighted by molar-refractivity contribution is -0.203. The molecule has 4 aliphatic carbocycles. The molecule has 0 bridgehead atoms. The maximum Gasteiger partial charge on any atom is 0.307 e. The molecule has 0 spiro atoms. The van der Waals surface area contributed by atoms with Gasteiger partial charge >= 0.3 is 11.9 Å².